The summed E-state index contributed by atoms with van der Waals surface area (Å²) in [7, 11) is 1.42. The molecule has 2 aliphatic rings. The summed E-state index contributed by atoms with van der Waals surface area (Å²) in [5, 5.41) is 9.83. The second-order valence-electron chi connectivity index (χ2n) is 5.56. The minimum atomic E-state index is -1.05. The average Bonchev–Trinajstić information content (AvgIpc) is 2.77. The van der Waals surface area contributed by atoms with Crippen LogP contribution < -0.4 is 0 Å². The Morgan fingerprint density at radius 1 is 1.11 bits per heavy atom. The van der Waals surface area contributed by atoms with Crippen molar-refractivity contribution in [3.63, 3.8) is 0 Å². The minimum Gasteiger partial charge on any atom is -0.366 e. The van der Waals surface area contributed by atoms with Crippen LogP contribution in [0.3, 0.4) is 0 Å². The van der Waals surface area contributed by atoms with E-state index in [1.54, 1.807) is 13.8 Å². The molecule has 2 rings (SSSR count). The average molecular weight is 262 g/mol. The standard InChI is InChI=1S/C12H22O6/c1-11(2)15-6-7(16-11)8-9(10(13)14-5)18-12(3,4)17-8/h7-10,13H,6H2,1-5H3/t7-,8+,9-,10?/m0/s1. The molecule has 2 saturated heterocycles. The number of aliphatic hydroxyl groups excluding tert-OH is 1. The van der Waals surface area contributed by atoms with E-state index in [9.17, 15) is 5.11 Å². The number of hydrogen-bond acceptors (Lipinski definition) is 6. The Bertz CT molecular complexity index is 303. The Balaban J connectivity index is 2.10. The van der Waals surface area contributed by atoms with Crippen LogP contribution in [0.4, 0.5) is 0 Å². The highest BCUT2D eigenvalue weighted by Gasteiger charge is 2.52. The van der Waals surface area contributed by atoms with Crippen molar-refractivity contribution in [1.82, 2.24) is 0 Å². The van der Waals surface area contributed by atoms with Gasteiger partial charge in [0.2, 0.25) is 0 Å². The van der Waals surface area contributed by atoms with Crippen LogP contribution in [0, 0.1) is 0 Å². The van der Waals surface area contributed by atoms with Crippen molar-refractivity contribution in [2.75, 3.05) is 13.7 Å². The Labute approximate surface area is 107 Å². The van der Waals surface area contributed by atoms with Crippen molar-refractivity contribution < 1.29 is 28.8 Å². The Hall–Kier alpha value is -0.240. The summed E-state index contributed by atoms with van der Waals surface area (Å²) in [4.78, 5) is 0. The van der Waals surface area contributed by atoms with Gasteiger partial charge in [0.25, 0.3) is 0 Å². The first-order valence-corrected chi connectivity index (χ1v) is 6.12. The quantitative estimate of drug-likeness (QED) is 0.752. The second kappa shape index (κ2) is 4.70. The van der Waals surface area contributed by atoms with E-state index >= 15 is 0 Å². The summed E-state index contributed by atoms with van der Waals surface area (Å²) in [5.74, 6) is -1.41. The second-order valence-corrected chi connectivity index (χ2v) is 5.56. The Morgan fingerprint density at radius 3 is 2.28 bits per heavy atom. The van der Waals surface area contributed by atoms with Crippen LogP contribution in [0.5, 0.6) is 0 Å². The van der Waals surface area contributed by atoms with Crippen LogP contribution in [0.2, 0.25) is 0 Å². The molecular weight excluding hydrogens is 240 g/mol. The number of hydrogen-bond donors (Lipinski definition) is 1. The van der Waals surface area contributed by atoms with E-state index in [0.717, 1.165) is 0 Å². The van der Waals surface area contributed by atoms with Gasteiger partial charge in [-0.25, -0.2) is 0 Å². The topological polar surface area (TPSA) is 66.4 Å². The van der Waals surface area contributed by atoms with Crippen molar-refractivity contribution in [2.45, 2.75) is 63.9 Å². The lowest BCUT2D eigenvalue weighted by Gasteiger charge is -2.25. The molecule has 2 aliphatic heterocycles. The SMILES string of the molecule is COC(O)[C@H]1OC(C)(C)O[C@@H]1[C@@H]1COC(C)(C)O1. The largest absolute Gasteiger partial charge is 0.366 e. The van der Waals surface area contributed by atoms with Crippen molar-refractivity contribution in [3.8, 4) is 0 Å². The van der Waals surface area contributed by atoms with Gasteiger partial charge in [-0.1, -0.05) is 0 Å². The van der Waals surface area contributed by atoms with Gasteiger partial charge in [0.15, 0.2) is 17.9 Å². The third-order valence-electron chi connectivity index (χ3n) is 3.08. The Kier molecular flexibility index (Phi) is 3.70. The molecule has 6 heteroatoms. The molecule has 0 amide bonds. The van der Waals surface area contributed by atoms with E-state index in [1.165, 1.54) is 7.11 Å². The van der Waals surface area contributed by atoms with Crippen LogP contribution in [0.15, 0.2) is 0 Å². The lowest BCUT2D eigenvalue weighted by molar-refractivity contribution is -0.191. The molecule has 18 heavy (non-hydrogen) atoms. The normalized spacial score (nSPS) is 40.0. The highest BCUT2D eigenvalue weighted by Crippen LogP contribution is 2.36. The van der Waals surface area contributed by atoms with E-state index < -0.39 is 30.1 Å². The van der Waals surface area contributed by atoms with Crippen LogP contribution in [-0.2, 0) is 23.7 Å². The molecule has 0 aliphatic carbocycles. The maximum absolute atomic E-state index is 9.83. The third kappa shape index (κ3) is 2.84. The Morgan fingerprint density at radius 2 is 1.78 bits per heavy atom. The molecule has 0 spiro atoms. The summed E-state index contributed by atoms with van der Waals surface area (Å²) in [6.07, 6.45) is -2.34. The molecule has 0 aromatic heterocycles. The molecule has 2 fully saturated rings. The summed E-state index contributed by atoms with van der Waals surface area (Å²) in [6, 6.07) is 0. The monoisotopic (exact) mass is 262 g/mol. The number of methoxy groups -OCH3 is 1. The predicted molar refractivity (Wildman–Crippen MR) is 61.7 cm³/mol. The van der Waals surface area contributed by atoms with Crippen LogP contribution in [0.25, 0.3) is 0 Å². The molecule has 0 bridgehead atoms. The molecule has 0 aromatic rings. The van der Waals surface area contributed by atoms with E-state index in [0.29, 0.717) is 6.61 Å². The number of ether oxygens (including phenoxy) is 5. The summed E-state index contributed by atoms with van der Waals surface area (Å²) in [5.41, 5.74) is 0. The van der Waals surface area contributed by atoms with Crippen molar-refractivity contribution in [3.05, 3.63) is 0 Å². The third-order valence-corrected chi connectivity index (χ3v) is 3.08. The van der Waals surface area contributed by atoms with Crippen LogP contribution >= 0.6 is 0 Å². The van der Waals surface area contributed by atoms with E-state index in [4.69, 9.17) is 23.7 Å². The van der Waals surface area contributed by atoms with Crippen molar-refractivity contribution in [1.29, 1.82) is 0 Å². The molecular formula is C12H22O6. The molecule has 2 heterocycles. The number of rotatable bonds is 3. The summed E-state index contributed by atoms with van der Waals surface area (Å²) >= 11 is 0. The lowest BCUT2D eigenvalue weighted by atomic mass is 10.1. The highest BCUT2D eigenvalue weighted by atomic mass is 16.8. The molecule has 4 atom stereocenters. The summed E-state index contributed by atoms with van der Waals surface area (Å²) in [6.45, 7) is 7.68. The fraction of sp³-hybridized carbons (Fsp3) is 1.00. The highest BCUT2D eigenvalue weighted by molar-refractivity contribution is 4.91. The van der Waals surface area contributed by atoms with Gasteiger partial charge < -0.3 is 28.8 Å². The predicted octanol–water partition coefficient (Wildman–Crippen LogP) is 0.623. The zero-order valence-corrected chi connectivity index (χ0v) is 11.5. The van der Waals surface area contributed by atoms with Gasteiger partial charge in [0.05, 0.1) is 6.61 Å². The molecule has 0 saturated carbocycles. The van der Waals surface area contributed by atoms with E-state index in [-0.39, 0.29) is 6.10 Å². The summed E-state index contributed by atoms with van der Waals surface area (Å²) < 4.78 is 27.7. The van der Waals surface area contributed by atoms with Gasteiger partial charge >= 0.3 is 0 Å². The van der Waals surface area contributed by atoms with Gasteiger partial charge in [0.1, 0.15) is 18.3 Å². The van der Waals surface area contributed by atoms with Gasteiger partial charge in [-0.15, -0.1) is 0 Å². The fourth-order valence-corrected chi connectivity index (χ4v) is 2.34. The first kappa shape index (κ1) is 14.2. The maximum Gasteiger partial charge on any atom is 0.183 e. The molecule has 1 unspecified atom stereocenters. The molecule has 0 aromatic carbocycles. The van der Waals surface area contributed by atoms with Gasteiger partial charge in [-0.3, -0.25) is 0 Å². The minimum absolute atomic E-state index is 0.281. The molecule has 1 N–H and O–H groups in total. The van der Waals surface area contributed by atoms with Gasteiger partial charge in [-0.05, 0) is 27.7 Å². The lowest BCUT2D eigenvalue weighted by Crippen LogP contribution is -2.44. The fourth-order valence-electron chi connectivity index (χ4n) is 2.34. The molecule has 6 nitrogen and oxygen atoms in total. The zero-order valence-electron chi connectivity index (χ0n) is 11.5. The van der Waals surface area contributed by atoms with Crippen molar-refractivity contribution in [2.24, 2.45) is 0 Å². The van der Waals surface area contributed by atoms with Crippen LogP contribution in [-0.4, -0.2) is 55.0 Å². The van der Waals surface area contributed by atoms with Crippen molar-refractivity contribution >= 4 is 0 Å². The smallest absolute Gasteiger partial charge is 0.183 e. The molecule has 0 radical (unpaired) electrons. The molecule has 106 valence electrons. The first-order chi connectivity index (χ1) is 8.24. The first-order valence-electron chi connectivity index (χ1n) is 6.12. The maximum atomic E-state index is 9.83. The van der Waals surface area contributed by atoms with Gasteiger partial charge in [-0.2, -0.15) is 0 Å². The van der Waals surface area contributed by atoms with Gasteiger partial charge in [0, 0.05) is 7.11 Å². The van der Waals surface area contributed by atoms with E-state index in [1.807, 2.05) is 13.8 Å². The zero-order chi connectivity index (χ0) is 13.6. The van der Waals surface area contributed by atoms with E-state index in [2.05, 4.69) is 0 Å². The van der Waals surface area contributed by atoms with Crippen LogP contribution in [0.1, 0.15) is 27.7 Å². The number of aliphatic hydroxyl groups is 1.